The summed E-state index contributed by atoms with van der Waals surface area (Å²) in [5.41, 5.74) is 1.06. The van der Waals surface area contributed by atoms with Crippen LogP contribution in [0.1, 0.15) is 25.5 Å². The molecular weight excluding hydrogens is 302 g/mol. The molecule has 1 fully saturated rings. The average Bonchev–Trinajstić information content (AvgIpc) is 2.46. The Labute approximate surface area is 133 Å². The zero-order chi connectivity index (χ0) is 16.3. The first-order valence-corrected chi connectivity index (χ1v) is 8.89. The van der Waals surface area contributed by atoms with E-state index in [0.717, 1.165) is 11.3 Å². The molecule has 0 aromatic heterocycles. The smallest absolute Gasteiger partial charge is 0.279 e. The standard InChI is InChI=1S/C15H25N3O3S/c1-12(2)16-22(19,20)18-9-8-17(3)15(11-18)13-6-5-7-14(10-13)21-4/h5-7,10,12,15-16H,8-9,11H2,1-4H3. The van der Waals surface area contributed by atoms with Gasteiger partial charge < -0.3 is 4.74 Å². The highest BCUT2D eigenvalue weighted by Gasteiger charge is 2.32. The van der Waals surface area contributed by atoms with Crippen LogP contribution in [-0.4, -0.2) is 57.5 Å². The second-order valence-electron chi connectivity index (χ2n) is 5.91. The van der Waals surface area contributed by atoms with Crippen LogP contribution >= 0.6 is 0 Å². The molecule has 1 aromatic carbocycles. The van der Waals surface area contributed by atoms with Crippen molar-refractivity contribution in [3.63, 3.8) is 0 Å². The first-order valence-electron chi connectivity index (χ1n) is 7.45. The summed E-state index contributed by atoms with van der Waals surface area (Å²) in [7, 11) is 0.213. The van der Waals surface area contributed by atoms with E-state index in [1.807, 2.05) is 45.2 Å². The topological polar surface area (TPSA) is 61.9 Å². The summed E-state index contributed by atoms with van der Waals surface area (Å²) in [6, 6.07) is 7.71. The number of rotatable bonds is 5. The van der Waals surface area contributed by atoms with Gasteiger partial charge in [0.2, 0.25) is 0 Å². The second kappa shape index (κ2) is 6.95. The van der Waals surface area contributed by atoms with Crippen LogP contribution in [0.4, 0.5) is 0 Å². The van der Waals surface area contributed by atoms with Crippen LogP contribution < -0.4 is 9.46 Å². The van der Waals surface area contributed by atoms with Crippen molar-refractivity contribution in [2.75, 3.05) is 33.8 Å². The van der Waals surface area contributed by atoms with Crippen LogP contribution in [0.5, 0.6) is 5.75 Å². The third kappa shape index (κ3) is 3.98. The quantitative estimate of drug-likeness (QED) is 0.883. The molecule has 1 aliphatic heterocycles. The van der Waals surface area contributed by atoms with Crippen molar-refractivity contribution < 1.29 is 13.2 Å². The summed E-state index contributed by atoms with van der Waals surface area (Å²) in [4.78, 5) is 2.18. The molecule has 1 saturated heterocycles. The minimum absolute atomic E-state index is 0.0209. The number of ether oxygens (including phenoxy) is 1. The van der Waals surface area contributed by atoms with Gasteiger partial charge in [-0.1, -0.05) is 12.1 Å². The van der Waals surface area contributed by atoms with E-state index in [1.54, 1.807) is 7.11 Å². The number of benzene rings is 1. The van der Waals surface area contributed by atoms with E-state index in [9.17, 15) is 8.42 Å². The average molecular weight is 327 g/mol. The Bertz CT molecular complexity index is 604. The fourth-order valence-electron chi connectivity index (χ4n) is 2.65. The third-order valence-electron chi connectivity index (χ3n) is 3.81. The zero-order valence-electron chi connectivity index (χ0n) is 13.6. The first-order chi connectivity index (χ1) is 10.3. The molecule has 1 aromatic rings. The molecule has 0 spiro atoms. The number of likely N-dealkylation sites (N-methyl/N-ethyl adjacent to an activating group) is 1. The van der Waals surface area contributed by atoms with Crippen molar-refractivity contribution in [3.8, 4) is 5.75 Å². The lowest BCUT2D eigenvalue weighted by atomic mass is 10.0. The van der Waals surface area contributed by atoms with Crippen LogP contribution in [0.3, 0.4) is 0 Å². The van der Waals surface area contributed by atoms with Gasteiger partial charge in [-0.05, 0) is 38.6 Å². The molecular formula is C15H25N3O3S. The van der Waals surface area contributed by atoms with Gasteiger partial charge in [0.15, 0.2) is 0 Å². The van der Waals surface area contributed by atoms with Crippen LogP contribution in [0, 0.1) is 0 Å². The lowest BCUT2D eigenvalue weighted by Crippen LogP contribution is -2.53. The van der Waals surface area contributed by atoms with Gasteiger partial charge in [0.25, 0.3) is 10.2 Å². The second-order valence-corrected chi connectivity index (χ2v) is 7.61. The van der Waals surface area contributed by atoms with Crippen molar-refractivity contribution in [3.05, 3.63) is 29.8 Å². The lowest BCUT2D eigenvalue weighted by molar-refractivity contribution is 0.147. The van der Waals surface area contributed by atoms with Gasteiger partial charge in [-0.3, -0.25) is 4.90 Å². The fourth-order valence-corrected chi connectivity index (χ4v) is 4.05. The van der Waals surface area contributed by atoms with Gasteiger partial charge in [0.1, 0.15) is 5.75 Å². The van der Waals surface area contributed by atoms with Gasteiger partial charge in [0, 0.05) is 31.7 Å². The van der Waals surface area contributed by atoms with Crippen LogP contribution in [-0.2, 0) is 10.2 Å². The highest BCUT2D eigenvalue weighted by molar-refractivity contribution is 7.87. The third-order valence-corrected chi connectivity index (χ3v) is 5.59. The van der Waals surface area contributed by atoms with Crippen LogP contribution in [0.15, 0.2) is 24.3 Å². The molecule has 1 atom stereocenters. The number of methoxy groups -OCH3 is 1. The summed E-state index contributed by atoms with van der Waals surface area (Å²) < 4.78 is 34.2. The molecule has 6 nitrogen and oxygen atoms in total. The Morgan fingerprint density at radius 3 is 2.68 bits per heavy atom. The van der Waals surface area contributed by atoms with Crippen molar-refractivity contribution in [2.45, 2.75) is 25.9 Å². The molecule has 124 valence electrons. The van der Waals surface area contributed by atoms with E-state index in [0.29, 0.717) is 19.6 Å². The van der Waals surface area contributed by atoms with Crippen molar-refractivity contribution in [2.24, 2.45) is 0 Å². The highest BCUT2D eigenvalue weighted by Crippen LogP contribution is 2.27. The molecule has 7 heteroatoms. The first kappa shape index (κ1) is 17.2. The highest BCUT2D eigenvalue weighted by atomic mass is 32.2. The van der Waals surface area contributed by atoms with E-state index in [1.165, 1.54) is 4.31 Å². The summed E-state index contributed by atoms with van der Waals surface area (Å²) in [6.07, 6.45) is 0. The Morgan fingerprint density at radius 1 is 1.32 bits per heavy atom. The SMILES string of the molecule is COc1cccc(C2CN(S(=O)(=O)NC(C)C)CCN2C)c1. The molecule has 22 heavy (non-hydrogen) atoms. The van der Waals surface area contributed by atoms with Crippen molar-refractivity contribution in [1.29, 1.82) is 0 Å². The van der Waals surface area contributed by atoms with E-state index >= 15 is 0 Å². The number of piperazine rings is 1. The van der Waals surface area contributed by atoms with Crippen LogP contribution in [0.25, 0.3) is 0 Å². The predicted molar refractivity (Wildman–Crippen MR) is 87.1 cm³/mol. The molecule has 1 heterocycles. The van der Waals surface area contributed by atoms with Crippen LogP contribution in [0.2, 0.25) is 0 Å². The molecule has 0 bridgehead atoms. The zero-order valence-corrected chi connectivity index (χ0v) is 14.4. The van der Waals surface area contributed by atoms with Gasteiger partial charge in [-0.15, -0.1) is 0 Å². The Kier molecular flexibility index (Phi) is 5.44. The molecule has 1 aliphatic rings. The van der Waals surface area contributed by atoms with Gasteiger partial charge in [-0.2, -0.15) is 17.4 Å². The predicted octanol–water partition coefficient (Wildman–Crippen LogP) is 1.23. The largest absolute Gasteiger partial charge is 0.497 e. The molecule has 0 aliphatic carbocycles. The maximum atomic E-state index is 12.4. The normalized spacial score (nSPS) is 21.2. The molecule has 0 saturated carbocycles. The van der Waals surface area contributed by atoms with Crippen molar-refractivity contribution in [1.82, 2.24) is 13.9 Å². The maximum Gasteiger partial charge on any atom is 0.279 e. The molecule has 0 radical (unpaired) electrons. The minimum atomic E-state index is -3.44. The van der Waals surface area contributed by atoms with E-state index in [2.05, 4.69) is 9.62 Å². The number of hydrogen-bond acceptors (Lipinski definition) is 4. The van der Waals surface area contributed by atoms with E-state index < -0.39 is 10.2 Å². The fraction of sp³-hybridized carbons (Fsp3) is 0.600. The lowest BCUT2D eigenvalue weighted by Gasteiger charge is -2.39. The summed E-state index contributed by atoms with van der Waals surface area (Å²) in [5, 5.41) is 0. The summed E-state index contributed by atoms with van der Waals surface area (Å²) >= 11 is 0. The van der Waals surface area contributed by atoms with Gasteiger partial charge in [0.05, 0.1) is 7.11 Å². The molecule has 0 amide bonds. The Morgan fingerprint density at radius 2 is 2.05 bits per heavy atom. The summed E-state index contributed by atoms with van der Waals surface area (Å²) in [6.45, 7) is 5.28. The van der Waals surface area contributed by atoms with E-state index in [-0.39, 0.29) is 12.1 Å². The van der Waals surface area contributed by atoms with Gasteiger partial charge in [-0.25, -0.2) is 0 Å². The minimum Gasteiger partial charge on any atom is -0.497 e. The Balaban J connectivity index is 2.21. The number of nitrogens with one attached hydrogen (secondary N) is 1. The molecule has 1 unspecified atom stereocenters. The number of nitrogens with zero attached hydrogens (tertiary/aromatic N) is 2. The molecule has 1 N–H and O–H groups in total. The van der Waals surface area contributed by atoms with E-state index in [4.69, 9.17) is 4.74 Å². The monoisotopic (exact) mass is 327 g/mol. The summed E-state index contributed by atoms with van der Waals surface area (Å²) in [5.74, 6) is 0.784. The van der Waals surface area contributed by atoms with Crippen molar-refractivity contribution >= 4 is 10.2 Å². The maximum absolute atomic E-state index is 12.4. The Hall–Kier alpha value is -1.15. The van der Waals surface area contributed by atoms with Gasteiger partial charge >= 0.3 is 0 Å². The number of hydrogen-bond donors (Lipinski definition) is 1. The molecule has 2 rings (SSSR count).